The van der Waals surface area contributed by atoms with Crippen LogP contribution in [-0.2, 0) is 13.0 Å². The van der Waals surface area contributed by atoms with Crippen LogP contribution in [0.4, 0.5) is 5.13 Å². The summed E-state index contributed by atoms with van der Waals surface area (Å²) in [6.07, 6.45) is 4.27. The van der Waals surface area contributed by atoms with Crippen LogP contribution in [0, 0.1) is 0 Å². The van der Waals surface area contributed by atoms with Gasteiger partial charge in [0.1, 0.15) is 6.33 Å². The van der Waals surface area contributed by atoms with E-state index in [1.54, 1.807) is 23.9 Å². The maximum absolute atomic E-state index is 4.41. The minimum atomic E-state index is 0.694. The van der Waals surface area contributed by atoms with Crippen molar-refractivity contribution in [3.05, 3.63) is 35.4 Å². The number of aromatic nitrogens is 3. The first-order valence-electron chi connectivity index (χ1n) is 4.81. The molecule has 0 radical (unpaired) electrons. The van der Waals surface area contributed by atoms with Crippen LogP contribution in [-0.4, -0.2) is 15.0 Å². The van der Waals surface area contributed by atoms with Crippen LogP contribution >= 0.6 is 11.3 Å². The molecule has 0 saturated carbocycles. The second kappa shape index (κ2) is 4.84. The van der Waals surface area contributed by atoms with Crippen LogP contribution in [0.15, 0.2) is 24.0 Å². The maximum atomic E-state index is 4.41. The minimum absolute atomic E-state index is 0.694. The number of nitrogens with zero attached hydrogens (tertiary/aromatic N) is 3. The standard InChI is InChI=1S/C10H12N4S/c1-2-8-6-15-10(14-8)12-5-9-3-4-11-7-13-9/h3-4,6-7H,2,5H2,1H3,(H,12,14). The smallest absolute Gasteiger partial charge is 0.183 e. The number of hydrogen-bond donors (Lipinski definition) is 1. The number of rotatable bonds is 4. The highest BCUT2D eigenvalue weighted by Crippen LogP contribution is 2.16. The van der Waals surface area contributed by atoms with Crippen molar-refractivity contribution in [3.8, 4) is 0 Å². The number of thiazole rings is 1. The van der Waals surface area contributed by atoms with Crippen LogP contribution < -0.4 is 5.32 Å². The van der Waals surface area contributed by atoms with Crippen LogP contribution in [0.3, 0.4) is 0 Å². The van der Waals surface area contributed by atoms with Crippen molar-refractivity contribution in [3.63, 3.8) is 0 Å². The van der Waals surface area contributed by atoms with E-state index in [1.165, 1.54) is 0 Å². The Morgan fingerprint density at radius 1 is 1.40 bits per heavy atom. The molecule has 5 heteroatoms. The van der Waals surface area contributed by atoms with E-state index >= 15 is 0 Å². The summed E-state index contributed by atoms with van der Waals surface area (Å²) >= 11 is 1.63. The molecule has 2 aromatic rings. The van der Waals surface area contributed by atoms with Crippen LogP contribution in [0.1, 0.15) is 18.3 Å². The Labute approximate surface area is 92.4 Å². The van der Waals surface area contributed by atoms with Gasteiger partial charge >= 0.3 is 0 Å². The third-order valence-corrected chi connectivity index (χ3v) is 2.83. The molecule has 1 N–H and O–H groups in total. The van der Waals surface area contributed by atoms with E-state index in [9.17, 15) is 0 Å². The number of hydrogen-bond acceptors (Lipinski definition) is 5. The Morgan fingerprint density at radius 3 is 3.00 bits per heavy atom. The molecule has 0 aliphatic rings. The zero-order valence-corrected chi connectivity index (χ0v) is 9.29. The van der Waals surface area contributed by atoms with Crippen molar-refractivity contribution in [1.29, 1.82) is 0 Å². The Bertz CT molecular complexity index is 412. The highest BCUT2D eigenvalue weighted by Gasteiger charge is 1.99. The average molecular weight is 220 g/mol. The lowest BCUT2D eigenvalue weighted by Gasteiger charge is -2.00. The van der Waals surface area contributed by atoms with E-state index in [0.717, 1.165) is 22.9 Å². The van der Waals surface area contributed by atoms with E-state index in [2.05, 4.69) is 32.6 Å². The highest BCUT2D eigenvalue weighted by atomic mass is 32.1. The maximum Gasteiger partial charge on any atom is 0.183 e. The monoisotopic (exact) mass is 220 g/mol. The molecule has 0 aromatic carbocycles. The first-order chi connectivity index (χ1) is 7.38. The summed E-state index contributed by atoms with van der Waals surface area (Å²) in [7, 11) is 0. The Balaban J connectivity index is 1.93. The summed E-state index contributed by atoms with van der Waals surface area (Å²) in [5.41, 5.74) is 2.10. The quantitative estimate of drug-likeness (QED) is 0.857. The molecule has 2 rings (SSSR count). The number of aryl methyl sites for hydroxylation is 1. The van der Waals surface area contributed by atoms with E-state index in [4.69, 9.17) is 0 Å². The molecule has 0 amide bonds. The summed E-state index contributed by atoms with van der Waals surface area (Å²) < 4.78 is 0. The van der Waals surface area contributed by atoms with Crippen LogP contribution in [0.5, 0.6) is 0 Å². The van der Waals surface area contributed by atoms with Gasteiger partial charge in [-0.25, -0.2) is 15.0 Å². The number of nitrogens with one attached hydrogen (secondary N) is 1. The van der Waals surface area contributed by atoms with Gasteiger partial charge in [0.15, 0.2) is 5.13 Å². The zero-order valence-electron chi connectivity index (χ0n) is 8.47. The van der Waals surface area contributed by atoms with Gasteiger partial charge in [0.05, 0.1) is 17.9 Å². The molecule has 0 aliphatic carbocycles. The predicted octanol–water partition coefficient (Wildman–Crippen LogP) is 2.11. The molecule has 15 heavy (non-hydrogen) atoms. The van der Waals surface area contributed by atoms with E-state index < -0.39 is 0 Å². The molecule has 0 atom stereocenters. The molecular formula is C10H12N4S. The Hall–Kier alpha value is -1.49. The highest BCUT2D eigenvalue weighted by molar-refractivity contribution is 7.13. The SMILES string of the molecule is CCc1csc(NCc2ccncn2)n1. The first-order valence-corrected chi connectivity index (χ1v) is 5.69. The molecule has 0 saturated heterocycles. The lowest BCUT2D eigenvalue weighted by atomic mass is 10.4. The third-order valence-electron chi connectivity index (χ3n) is 1.98. The third kappa shape index (κ3) is 2.73. The summed E-state index contributed by atoms with van der Waals surface area (Å²) in [6, 6.07) is 1.89. The van der Waals surface area contributed by atoms with Gasteiger partial charge in [-0.15, -0.1) is 11.3 Å². The van der Waals surface area contributed by atoms with Crippen molar-refractivity contribution in [2.24, 2.45) is 0 Å². The van der Waals surface area contributed by atoms with Gasteiger partial charge in [-0.05, 0) is 12.5 Å². The zero-order chi connectivity index (χ0) is 10.5. The minimum Gasteiger partial charge on any atom is -0.356 e. The Kier molecular flexibility index (Phi) is 3.24. The predicted molar refractivity (Wildman–Crippen MR) is 60.9 cm³/mol. The van der Waals surface area contributed by atoms with Crippen LogP contribution in [0.2, 0.25) is 0 Å². The summed E-state index contributed by atoms with van der Waals surface area (Å²) in [5, 5.41) is 6.25. The van der Waals surface area contributed by atoms with Gasteiger partial charge in [0.25, 0.3) is 0 Å². The summed E-state index contributed by atoms with van der Waals surface area (Å²) in [6.45, 7) is 2.79. The van der Waals surface area contributed by atoms with Gasteiger partial charge in [0, 0.05) is 11.6 Å². The molecule has 2 heterocycles. The van der Waals surface area contributed by atoms with Crippen molar-refractivity contribution in [1.82, 2.24) is 15.0 Å². The molecule has 78 valence electrons. The topological polar surface area (TPSA) is 50.7 Å². The summed E-state index contributed by atoms with van der Waals surface area (Å²) in [5.74, 6) is 0. The molecule has 0 fully saturated rings. The van der Waals surface area contributed by atoms with Crippen molar-refractivity contribution in [2.75, 3.05) is 5.32 Å². The van der Waals surface area contributed by atoms with Crippen molar-refractivity contribution >= 4 is 16.5 Å². The average Bonchev–Trinajstić information content (AvgIpc) is 2.76. The summed E-state index contributed by atoms with van der Waals surface area (Å²) in [4.78, 5) is 12.4. The fourth-order valence-corrected chi connectivity index (χ4v) is 1.93. The second-order valence-corrected chi connectivity index (χ2v) is 3.91. The first kappa shape index (κ1) is 10.0. The van der Waals surface area contributed by atoms with Crippen molar-refractivity contribution in [2.45, 2.75) is 19.9 Å². The fraction of sp³-hybridized carbons (Fsp3) is 0.300. The van der Waals surface area contributed by atoms with Crippen molar-refractivity contribution < 1.29 is 0 Å². The van der Waals surface area contributed by atoms with Gasteiger partial charge in [-0.2, -0.15) is 0 Å². The van der Waals surface area contributed by atoms with Gasteiger partial charge in [-0.1, -0.05) is 6.92 Å². The normalized spacial score (nSPS) is 10.2. The molecule has 0 unspecified atom stereocenters. The fourth-order valence-electron chi connectivity index (χ4n) is 1.14. The van der Waals surface area contributed by atoms with Crippen LogP contribution in [0.25, 0.3) is 0 Å². The van der Waals surface area contributed by atoms with E-state index in [0.29, 0.717) is 6.54 Å². The van der Waals surface area contributed by atoms with E-state index in [-0.39, 0.29) is 0 Å². The lowest BCUT2D eigenvalue weighted by Crippen LogP contribution is -2.01. The largest absolute Gasteiger partial charge is 0.356 e. The Morgan fingerprint density at radius 2 is 2.33 bits per heavy atom. The molecule has 0 spiro atoms. The molecule has 4 nitrogen and oxygen atoms in total. The van der Waals surface area contributed by atoms with E-state index in [1.807, 2.05) is 6.07 Å². The second-order valence-electron chi connectivity index (χ2n) is 3.05. The van der Waals surface area contributed by atoms with Gasteiger partial charge in [-0.3, -0.25) is 0 Å². The lowest BCUT2D eigenvalue weighted by molar-refractivity contribution is 0.993. The van der Waals surface area contributed by atoms with Gasteiger partial charge < -0.3 is 5.32 Å². The number of anilines is 1. The molecule has 2 aromatic heterocycles. The molecule has 0 aliphatic heterocycles. The molecule has 0 bridgehead atoms. The molecular weight excluding hydrogens is 208 g/mol. The van der Waals surface area contributed by atoms with Gasteiger partial charge in [0.2, 0.25) is 0 Å².